The van der Waals surface area contributed by atoms with Crippen molar-refractivity contribution in [2.75, 3.05) is 6.61 Å². The lowest BCUT2D eigenvalue weighted by Crippen LogP contribution is -2.60. The lowest BCUT2D eigenvalue weighted by Gasteiger charge is -2.43. The number of carbonyl (C=O) groups is 1. The minimum atomic E-state index is -1.66. The highest BCUT2D eigenvalue weighted by Crippen LogP contribution is 2.33. The largest absolute Gasteiger partial charge is 0.460 e. The van der Waals surface area contributed by atoms with E-state index in [1.54, 1.807) is 13.8 Å². The Bertz CT molecular complexity index is 1080. The van der Waals surface area contributed by atoms with E-state index in [2.05, 4.69) is 58.9 Å². The average Bonchev–Trinajstić information content (AvgIpc) is 2.97. The van der Waals surface area contributed by atoms with Gasteiger partial charge in [-0.25, -0.2) is 0 Å². The normalized spacial score (nSPS) is 25.8. The number of aliphatic hydroxyl groups is 6. The summed E-state index contributed by atoms with van der Waals surface area (Å²) in [5, 5.41) is 64.3. The molecule has 0 aliphatic carbocycles. The van der Waals surface area contributed by atoms with Gasteiger partial charge in [0.15, 0.2) is 6.29 Å². The van der Waals surface area contributed by atoms with Crippen molar-refractivity contribution in [3.05, 3.63) is 46.6 Å². The van der Waals surface area contributed by atoms with Gasteiger partial charge in [-0.15, -0.1) is 0 Å². The number of ether oxygens (including phenoxy) is 3. The zero-order valence-electron chi connectivity index (χ0n) is 30.9. The number of esters is 1. The smallest absolute Gasteiger partial charge is 0.303 e. The Morgan fingerprint density at radius 2 is 1.17 bits per heavy atom. The molecule has 9 unspecified atom stereocenters. The molecule has 278 valence electrons. The summed E-state index contributed by atoms with van der Waals surface area (Å²) in [6.45, 7) is 16.2. The van der Waals surface area contributed by atoms with Gasteiger partial charge in [-0.2, -0.15) is 0 Å². The molecule has 1 rings (SSSR count). The summed E-state index contributed by atoms with van der Waals surface area (Å²) in [7, 11) is 0. The van der Waals surface area contributed by atoms with Crippen LogP contribution in [0.1, 0.15) is 127 Å². The second kappa shape index (κ2) is 21.4. The minimum Gasteiger partial charge on any atom is -0.460 e. The molecule has 1 fully saturated rings. The molecule has 0 bridgehead atoms. The molecule has 0 spiro atoms. The van der Waals surface area contributed by atoms with Gasteiger partial charge >= 0.3 is 5.97 Å². The third kappa shape index (κ3) is 16.2. The van der Waals surface area contributed by atoms with Crippen LogP contribution in [0.2, 0.25) is 0 Å². The third-order valence-corrected chi connectivity index (χ3v) is 9.00. The SMILES string of the molecule is CC(=O)OC(CCC(OC1OC(CO)C(O)C(O)C1O)C(C)(O)CCC=C(C)CCC=C(C)C)C(C)(O)CCC=C(C)CCC=C(C)C. The van der Waals surface area contributed by atoms with Gasteiger partial charge in [-0.05, 0) is 120 Å². The number of rotatable bonds is 21. The Morgan fingerprint density at radius 3 is 1.60 bits per heavy atom. The highest BCUT2D eigenvalue weighted by molar-refractivity contribution is 5.66. The molecule has 0 aromatic heterocycles. The lowest BCUT2D eigenvalue weighted by atomic mass is 9.85. The van der Waals surface area contributed by atoms with Crippen molar-refractivity contribution in [1.29, 1.82) is 0 Å². The van der Waals surface area contributed by atoms with Crippen LogP contribution >= 0.6 is 0 Å². The fourth-order valence-electron chi connectivity index (χ4n) is 5.79. The molecule has 0 aromatic carbocycles. The van der Waals surface area contributed by atoms with Crippen molar-refractivity contribution in [2.45, 2.75) is 181 Å². The maximum atomic E-state index is 12.1. The molecule has 10 nitrogen and oxygen atoms in total. The number of carbonyl (C=O) groups excluding carboxylic acids is 1. The van der Waals surface area contributed by atoms with Crippen LogP contribution in [0.5, 0.6) is 0 Å². The molecule has 1 aliphatic heterocycles. The average molecular weight is 683 g/mol. The first-order chi connectivity index (χ1) is 22.3. The third-order valence-electron chi connectivity index (χ3n) is 9.00. The summed E-state index contributed by atoms with van der Waals surface area (Å²) in [4.78, 5) is 12.1. The number of aliphatic hydroxyl groups excluding tert-OH is 4. The van der Waals surface area contributed by atoms with Gasteiger partial charge in [0.2, 0.25) is 0 Å². The van der Waals surface area contributed by atoms with E-state index in [0.717, 1.165) is 25.7 Å². The van der Waals surface area contributed by atoms with Gasteiger partial charge in [0.1, 0.15) is 30.5 Å². The molecule has 1 aliphatic rings. The predicted octanol–water partition coefficient (Wildman–Crippen LogP) is 5.33. The minimum absolute atomic E-state index is 0.0942. The Labute approximate surface area is 289 Å². The van der Waals surface area contributed by atoms with Crippen LogP contribution in [-0.2, 0) is 19.0 Å². The number of hydrogen-bond donors (Lipinski definition) is 6. The van der Waals surface area contributed by atoms with Crippen LogP contribution in [0.3, 0.4) is 0 Å². The van der Waals surface area contributed by atoms with Gasteiger partial charge in [0, 0.05) is 6.92 Å². The molecular formula is C38H66O10. The van der Waals surface area contributed by atoms with Crippen molar-refractivity contribution >= 4 is 5.97 Å². The maximum Gasteiger partial charge on any atom is 0.303 e. The van der Waals surface area contributed by atoms with Gasteiger partial charge in [0.05, 0.1) is 23.9 Å². The van der Waals surface area contributed by atoms with E-state index in [4.69, 9.17) is 14.2 Å². The molecule has 1 saturated heterocycles. The predicted molar refractivity (Wildman–Crippen MR) is 188 cm³/mol. The quantitative estimate of drug-likeness (QED) is 0.0688. The van der Waals surface area contributed by atoms with Gasteiger partial charge in [0.25, 0.3) is 0 Å². The Kier molecular flexibility index (Phi) is 19.6. The van der Waals surface area contributed by atoms with E-state index >= 15 is 0 Å². The standard InChI is InChI=1S/C38H66O10/c1-25(2)14-10-16-27(5)18-12-22-37(8,44)31(46-29(7)40)20-21-32(48-36-35(43)34(42)33(41)30(24-39)47-36)38(9,45)23-13-19-28(6)17-11-15-26(3)4/h14-15,18-19,30-36,39,41-45H,10-13,16-17,20-24H2,1-9H3. The molecule has 0 saturated carbocycles. The second-order valence-electron chi connectivity index (χ2n) is 14.5. The first-order valence-corrected chi connectivity index (χ1v) is 17.5. The molecule has 10 heteroatoms. The maximum absolute atomic E-state index is 12.1. The van der Waals surface area contributed by atoms with Crippen molar-refractivity contribution in [3.8, 4) is 0 Å². The topological polar surface area (TPSA) is 166 Å². The summed E-state index contributed by atoms with van der Waals surface area (Å²) in [5.41, 5.74) is 2.04. The first kappa shape index (κ1) is 44.1. The van der Waals surface area contributed by atoms with Crippen molar-refractivity contribution in [2.24, 2.45) is 0 Å². The van der Waals surface area contributed by atoms with Crippen LogP contribution in [0.4, 0.5) is 0 Å². The van der Waals surface area contributed by atoms with E-state index in [0.29, 0.717) is 19.3 Å². The molecule has 0 radical (unpaired) electrons. The van der Waals surface area contributed by atoms with E-state index < -0.39 is 66.7 Å². The van der Waals surface area contributed by atoms with Crippen LogP contribution in [0, 0.1) is 0 Å². The Balaban J connectivity index is 3.19. The van der Waals surface area contributed by atoms with Crippen molar-refractivity contribution < 1.29 is 49.6 Å². The van der Waals surface area contributed by atoms with E-state index in [1.165, 1.54) is 29.2 Å². The fraction of sp³-hybridized carbons (Fsp3) is 0.763. The Morgan fingerprint density at radius 1 is 0.708 bits per heavy atom. The number of allylic oxidation sites excluding steroid dienone is 8. The highest BCUT2D eigenvalue weighted by atomic mass is 16.7. The molecule has 6 N–H and O–H groups in total. The summed E-state index contributed by atoms with van der Waals surface area (Å²) >= 11 is 0. The van der Waals surface area contributed by atoms with Crippen molar-refractivity contribution in [1.82, 2.24) is 0 Å². The molecule has 9 atom stereocenters. The summed E-state index contributed by atoms with van der Waals surface area (Å²) in [6, 6.07) is 0. The van der Waals surface area contributed by atoms with Crippen LogP contribution in [0.15, 0.2) is 46.6 Å². The van der Waals surface area contributed by atoms with E-state index in [1.807, 2.05) is 6.92 Å². The second-order valence-corrected chi connectivity index (χ2v) is 14.5. The van der Waals surface area contributed by atoms with Gasteiger partial charge < -0.3 is 44.8 Å². The van der Waals surface area contributed by atoms with Crippen LogP contribution < -0.4 is 0 Å². The molecular weight excluding hydrogens is 616 g/mol. The summed E-state index contributed by atoms with van der Waals surface area (Å²) in [6.07, 6.45) is 4.67. The zero-order chi connectivity index (χ0) is 36.7. The molecule has 48 heavy (non-hydrogen) atoms. The van der Waals surface area contributed by atoms with E-state index in [9.17, 15) is 35.4 Å². The highest BCUT2D eigenvalue weighted by Gasteiger charge is 2.47. The number of hydrogen-bond acceptors (Lipinski definition) is 10. The summed E-state index contributed by atoms with van der Waals surface area (Å²) in [5.74, 6) is -0.555. The van der Waals surface area contributed by atoms with Gasteiger partial charge in [-0.3, -0.25) is 4.79 Å². The van der Waals surface area contributed by atoms with Crippen LogP contribution in [0.25, 0.3) is 0 Å². The lowest BCUT2D eigenvalue weighted by molar-refractivity contribution is -0.324. The summed E-state index contributed by atoms with van der Waals surface area (Å²) < 4.78 is 17.4. The van der Waals surface area contributed by atoms with Crippen molar-refractivity contribution in [3.63, 3.8) is 0 Å². The molecule has 0 amide bonds. The Hall–Kier alpha value is -1.89. The monoisotopic (exact) mass is 682 g/mol. The molecule has 1 heterocycles. The van der Waals surface area contributed by atoms with Gasteiger partial charge in [-0.1, -0.05) is 46.6 Å². The fourth-order valence-corrected chi connectivity index (χ4v) is 5.79. The zero-order valence-corrected chi connectivity index (χ0v) is 30.9. The van der Waals surface area contributed by atoms with E-state index in [-0.39, 0.29) is 19.3 Å². The first-order valence-electron chi connectivity index (χ1n) is 17.5. The molecule has 0 aromatic rings. The van der Waals surface area contributed by atoms with Crippen LogP contribution in [-0.4, -0.2) is 97.3 Å².